The molecule has 9 nitrogen and oxygen atoms in total. The van der Waals surface area contributed by atoms with E-state index < -0.39 is 0 Å². The Morgan fingerprint density at radius 1 is 0.865 bits per heavy atom. The number of nitrogens with one attached hydrogen (secondary N) is 2. The molecule has 0 bridgehead atoms. The summed E-state index contributed by atoms with van der Waals surface area (Å²) in [6.45, 7) is 1.37. The number of fused-ring (bicyclic) bond motifs is 3. The van der Waals surface area contributed by atoms with Crippen molar-refractivity contribution >= 4 is 34.2 Å². The lowest BCUT2D eigenvalue weighted by Gasteiger charge is -2.24. The third-order valence-electron chi connectivity index (χ3n) is 6.14. The van der Waals surface area contributed by atoms with Crippen molar-refractivity contribution in [2.45, 2.75) is 13.1 Å². The van der Waals surface area contributed by atoms with E-state index in [0.717, 1.165) is 10.9 Å². The third-order valence-corrected chi connectivity index (χ3v) is 6.39. The Balaban J connectivity index is 1.32. The van der Waals surface area contributed by atoms with E-state index >= 15 is 0 Å². The molecule has 0 aliphatic carbocycles. The number of carbonyl (C=O) groups is 1. The Labute approximate surface area is 216 Å². The lowest BCUT2D eigenvalue weighted by atomic mass is 10.1. The predicted molar refractivity (Wildman–Crippen MR) is 138 cm³/mol. The molecule has 4 aromatic rings. The number of anilines is 1. The van der Waals surface area contributed by atoms with Crippen LogP contribution in [0.3, 0.4) is 0 Å². The standard InChI is InChI=1S/C27H22ClN3O6/c28-19-2-4-20(5-3-19)29-27(33)31(13-16-1-6-22-23(9-16)37-15-36-22)14-18-10-17-11-24-25(35-8-7-34-24)12-21(17)30-26(18)32/h1-6,9-12H,7-8,13-15H2,(H,29,33)(H,30,32). The minimum Gasteiger partial charge on any atom is -0.486 e. The second-order valence-corrected chi connectivity index (χ2v) is 9.12. The first-order valence-electron chi connectivity index (χ1n) is 11.7. The average Bonchev–Trinajstić information content (AvgIpc) is 3.37. The predicted octanol–water partition coefficient (Wildman–Crippen LogP) is 4.92. The van der Waals surface area contributed by atoms with E-state index in [1.165, 1.54) is 0 Å². The minimum absolute atomic E-state index is 0.0631. The molecule has 10 heteroatoms. The van der Waals surface area contributed by atoms with Gasteiger partial charge in [-0.25, -0.2) is 4.79 Å². The van der Waals surface area contributed by atoms with Gasteiger partial charge in [0.1, 0.15) is 13.2 Å². The molecule has 0 saturated heterocycles. The van der Waals surface area contributed by atoms with Crippen LogP contribution in [0.1, 0.15) is 11.1 Å². The van der Waals surface area contributed by atoms with Crippen LogP contribution >= 0.6 is 11.6 Å². The van der Waals surface area contributed by atoms with Gasteiger partial charge in [0.25, 0.3) is 5.56 Å². The molecule has 2 aliphatic rings. The topological polar surface area (TPSA) is 102 Å². The van der Waals surface area contributed by atoms with E-state index in [9.17, 15) is 9.59 Å². The molecule has 3 aromatic carbocycles. The van der Waals surface area contributed by atoms with Crippen LogP contribution in [0.4, 0.5) is 10.5 Å². The maximum absolute atomic E-state index is 13.4. The number of pyridine rings is 1. The Morgan fingerprint density at radius 2 is 1.59 bits per heavy atom. The van der Waals surface area contributed by atoms with E-state index in [1.54, 1.807) is 47.4 Å². The number of carbonyl (C=O) groups excluding carboxylic acids is 1. The second kappa shape index (κ2) is 9.59. The number of nitrogens with zero attached hydrogens (tertiary/aromatic N) is 1. The third kappa shape index (κ3) is 4.85. The summed E-state index contributed by atoms with van der Waals surface area (Å²) in [6.07, 6.45) is 0. The summed E-state index contributed by atoms with van der Waals surface area (Å²) in [5, 5.41) is 4.23. The van der Waals surface area contributed by atoms with Crippen molar-refractivity contribution in [2.24, 2.45) is 0 Å². The zero-order valence-corrected chi connectivity index (χ0v) is 20.3. The lowest BCUT2D eigenvalue weighted by Crippen LogP contribution is -2.35. The number of benzene rings is 3. The van der Waals surface area contributed by atoms with E-state index in [2.05, 4.69) is 10.3 Å². The van der Waals surface area contributed by atoms with Gasteiger partial charge in [0.05, 0.1) is 12.1 Å². The fourth-order valence-electron chi connectivity index (χ4n) is 4.31. The highest BCUT2D eigenvalue weighted by molar-refractivity contribution is 6.30. The molecule has 37 heavy (non-hydrogen) atoms. The Kier molecular flexibility index (Phi) is 5.97. The first-order chi connectivity index (χ1) is 18.0. The number of ether oxygens (including phenoxy) is 4. The van der Waals surface area contributed by atoms with Gasteiger partial charge in [-0.1, -0.05) is 17.7 Å². The molecule has 2 aliphatic heterocycles. The molecule has 2 N–H and O–H groups in total. The Morgan fingerprint density at radius 3 is 2.41 bits per heavy atom. The van der Waals surface area contributed by atoms with Crippen LogP contribution < -0.4 is 29.8 Å². The number of H-pyrrole nitrogens is 1. The number of hydrogen-bond donors (Lipinski definition) is 2. The van der Waals surface area contributed by atoms with Crippen LogP contribution in [0.15, 0.2) is 65.5 Å². The quantitative estimate of drug-likeness (QED) is 0.388. The molecular formula is C27H22ClN3O6. The number of halogens is 1. The molecule has 188 valence electrons. The van der Waals surface area contributed by atoms with Crippen molar-refractivity contribution < 1.29 is 23.7 Å². The van der Waals surface area contributed by atoms with Gasteiger partial charge in [0.2, 0.25) is 6.79 Å². The van der Waals surface area contributed by atoms with Gasteiger partial charge in [-0.05, 0) is 54.1 Å². The number of aromatic nitrogens is 1. The summed E-state index contributed by atoms with van der Waals surface area (Å²) >= 11 is 5.98. The van der Waals surface area contributed by atoms with Gasteiger partial charge in [0, 0.05) is 34.3 Å². The van der Waals surface area contributed by atoms with Crippen molar-refractivity contribution in [3.8, 4) is 23.0 Å². The maximum atomic E-state index is 13.4. The van der Waals surface area contributed by atoms with Gasteiger partial charge >= 0.3 is 6.03 Å². The van der Waals surface area contributed by atoms with Crippen molar-refractivity contribution in [2.75, 3.05) is 25.3 Å². The number of rotatable bonds is 5. The largest absolute Gasteiger partial charge is 0.486 e. The fourth-order valence-corrected chi connectivity index (χ4v) is 4.43. The summed E-state index contributed by atoms with van der Waals surface area (Å²) in [4.78, 5) is 30.9. The molecule has 0 atom stereocenters. The van der Waals surface area contributed by atoms with Crippen molar-refractivity contribution in [3.05, 3.63) is 87.2 Å². The number of hydrogen-bond acceptors (Lipinski definition) is 6. The fraction of sp³-hybridized carbons (Fsp3) is 0.185. The normalized spacial score (nSPS) is 13.4. The van der Waals surface area contributed by atoms with Crippen LogP contribution in [0.25, 0.3) is 10.9 Å². The molecule has 0 saturated carbocycles. The highest BCUT2D eigenvalue weighted by Gasteiger charge is 2.21. The first kappa shape index (κ1) is 23.1. The number of aromatic amines is 1. The van der Waals surface area contributed by atoms with E-state index in [0.29, 0.717) is 58.0 Å². The molecule has 0 spiro atoms. The van der Waals surface area contributed by atoms with Gasteiger partial charge in [0.15, 0.2) is 23.0 Å². The average molecular weight is 520 g/mol. The molecule has 2 amide bonds. The van der Waals surface area contributed by atoms with Crippen molar-refractivity contribution in [1.29, 1.82) is 0 Å². The second-order valence-electron chi connectivity index (χ2n) is 8.69. The van der Waals surface area contributed by atoms with Crippen molar-refractivity contribution in [1.82, 2.24) is 9.88 Å². The molecule has 3 heterocycles. The summed E-state index contributed by atoms with van der Waals surface area (Å²) in [5.41, 5.74) is 2.18. The molecular weight excluding hydrogens is 498 g/mol. The van der Waals surface area contributed by atoms with Crippen LogP contribution in [-0.2, 0) is 13.1 Å². The van der Waals surface area contributed by atoms with Gasteiger partial charge in [-0.15, -0.1) is 0 Å². The lowest BCUT2D eigenvalue weighted by molar-refractivity contribution is 0.172. The van der Waals surface area contributed by atoms with E-state index in [-0.39, 0.29) is 31.5 Å². The number of amides is 2. The smallest absolute Gasteiger partial charge is 0.322 e. The van der Waals surface area contributed by atoms with Gasteiger partial charge in [-0.3, -0.25) is 4.79 Å². The summed E-state index contributed by atoms with van der Waals surface area (Å²) in [6, 6.07) is 17.3. The zero-order valence-electron chi connectivity index (χ0n) is 19.6. The van der Waals surface area contributed by atoms with E-state index in [1.807, 2.05) is 18.2 Å². The highest BCUT2D eigenvalue weighted by Crippen LogP contribution is 2.34. The van der Waals surface area contributed by atoms with Gasteiger partial charge < -0.3 is 34.1 Å². The van der Waals surface area contributed by atoms with Crippen LogP contribution in [0.5, 0.6) is 23.0 Å². The van der Waals surface area contributed by atoms with Crippen LogP contribution in [0.2, 0.25) is 5.02 Å². The SMILES string of the molecule is O=C(Nc1ccc(Cl)cc1)N(Cc1ccc2c(c1)OCO2)Cc1cc2cc3c(cc2[nH]c1=O)OCCO3. The molecule has 0 radical (unpaired) electrons. The Hall–Kier alpha value is -4.37. The summed E-state index contributed by atoms with van der Waals surface area (Å²) < 4.78 is 22.2. The molecule has 6 rings (SSSR count). The van der Waals surface area contributed by atoms with Gasteiger partial charge in [-0.2, -0.15) is 0 Å². The van der Waals surface area contributed by atoms with E-state index in [4.69, 9.17) is 30.5 Å². The Bertz CT molecular complexity index is 1550. The molecule has 0 unspecified atom stereocenters. The highest BCUT2D eigenvalue weighted by atomic mass is 35.5. The molecule has 0 fully saturated rings. The summed E-state index contributed by atoms with van der Waals surface area (Å²) in [5.74, 6) is 2.48. The minimum atomic E-state index is -0.373. The molecule has 1 aromatic heterocycles. The summed E-state index contributed by atoms with van der Waals surface area (Å²) in [7, 11) is 0. The van der Waals surface area contributed by atoms with Crippen LogP contribution in [-0.4, -0.2) is 35.9 Å². The maximum Gasteiger partial charge on any atom is 0.322 e. The zero-order chi connectivity index (χ0) is 25.4. The number of urea groups is 1. The van der Waals surface area contributed by atoms with Crippen molar-refractivity contribution in [3.63, 3.8) is 0 Å². The first-order valence-corrected chi connectivity index (χ1v) is 12.1. The monoisotopic (exact) mass is 519 g/mol. The van der Waals surface area contributed by atoms with Crippen LogP contribution in [0, 0.1) is 0 Å².